The second-order valence-electron chi connectivity index (χ2n) is 4.48. The van der Waals surface area contributed by atoms with Crippen molar-refractivity contribution in [2.24, 2.45) is 0 Å². The van der Waals surface area contributed by atoms with Gasteiger partial charge in [0.1, 0.15) is 17.5 Å². The number of rotatable bonds is 4. The summed E-state index contributed by atoms with van der Waals surface area (Å²) < 4.78 is 12.8. The molecule has 114 valence electrons. The lowest BCUT2D eigenvalue weighted by atomic mass is 10.1. The summed E-state index contributed by atoms with van der Waals surface area (Å²) in [5.41, 5.74) is 0.544. The number of benzene rings is 2. The Morgan fingerprint density at radius 3 is 2.30 bits per heavy atom. The SMILES string of the molecule is N#C/C(=C\c1ccc(F)cc1)C(=O)Nc1ccc([N+](=O)[O-])cc1. The molecule has 23 heavy (non-hydrogen) atoms. The maximum atomic E-state index is 12.8. The van der Waals surface area contributed by atoms with E-state index in [0.29, 0.717) is 11.3 Å². The van der Waals surface area contributed by atoms with Crippen LogP contribution in [0.5, 0.6) is 0 Å². The molecule has 2 aromatic carbocycles. The van der Waals surface area contributed by atoms with Crippen LogP contribution >= 0.6 is 0 Å². The third-order valence-corrected chi connectivity index (χ3v) is 2.88. The largest absolute Gasteiger partial charge is 0.321 e. The maximum Gasteiger partial charge on any atom is 0.269 e. The van der Waals surface area contributed by atoms with Crippen LogP contribution in [0.2, 0.25) is 0 Å². The summed E-state index contributed by atoms with van der Waals surface area (Å²) >= 11 is 0. The Morgan fingerprint density at radius 2 is 1.78 bits per heavy atom. The van der Waals surface area contributed by atoms with Crippen molar-refractivity contribution in [1.82, 2.24) is 0 Å². The van der Waals surface area contributed by atoms with Gasteiger partial charge in [-0.15, -0.1) is 0 Å². The molecule has 0 radical (unpaired) electrons. The van der Waals surface area contributed by atoms with Crippen LogP contribution in [0.15, 0.2) is 54.1 Å². The number of carbonyl (C=O) groups is 1. The van der Waals surface area contributed by atoms with Crippen molar-refractivity contribution in [2.45, 2.75) is 0 Å². The molecular weight excluding hydrogens is 301 g/mol. The van der Waals surface area contributed by atoms with Crippen molar-refractivity contribution in [3.63, 3.8) is 0 Å². The molecule has 0 heterocycles. The van der Waals surface area contributed by atoms with Gasteiger partial charge in [-0.1, -0.05) is 12.1 Å². The van der Waals surface area contributed by atoms with Gasteiger partial charge in [0.25, 0.3) is 11.6 Å². The lowest BCUT2D eigenvalue weighted by Crippen LogP contribution is -2.13. The second kappa shape index (κ2) is 6.95. The van der Waals surface area contributed by atoms with Gasteiger partial charge in [0.05, 0.1) is 4.92 Å². The zero-order valence-corrected chi connectivity index (χ0v) is 11.7. The average Bonchev–Trinajstić information content (AvgIpc) is 2.54. The van der Waals surface area contributed by atoms with Crippen molar-refractivity contribution in [3.05, 3.63) is 75.6 Å². The molecule has 0 aliphatic heterocycles. The Labute approximate surface area is 130 Å². The minimum atomic E-state index is -0.661. The van der Waals surface area contributed by atoms with Gasteiger partial charge < -0.3 is 5.32 Å². The molecule has 0 saturated carbocycles. The van der Waals surface area contributed by atoms with Gasteiger partial charge in [-0.3, -0.25) is 14.9 Å². The van der Waals surface area contributed by atoms with Crippen molar-refractivity contribution in [1.29, 1.82) is 5.26 Å². The molecule has 7 heteroatoms. The molecular formula is C16H10FN3O3. The van der Waals surface area contributed by atoms with Crippen molar-refractivity contribution >= 4 is 23.4 Å². The molecule has 0 fully saturated rings. The molecule has 2 aromatic rings. The number of hydrogen-bond donors (Lipinski definition) is 1. The second-order valence-corrected chi connectivity index (χ2v) is 4.48. The van der Waals surface area contributed by atoms with Gasteiger partial charge in [0, 0.05) is 17.8 Å². The quantitative estimate of drug-likeness (QED) is 0.405. The molecule has 1 N–H and O–H groups in total. The normalized spacial score (nSPS) is 10.7. The van der Waals surface area contributed by atoms with E-state index < -0.39 is 16.6 Å². The number of nitriles is 1. The van der Waals surface area contributed by atoms with E-state index in [9.17, 15) is 19.3 Å². The Bertz CT molecular complexity index is 806. The number of amides is 1. The molecule has 0 bridgehead atoms. The Morgan fingerprint density at radius 1 is 1.17 bits per heavy atom. The Kier molecular flexibility index (Phi) is 4.79. The van der Waals surface area contributed by atoms with E-state index in [4.69, 9.17) is 5.26 Å². The lowest BCUT2D eigenvalue weighted by Gasteiger charge is -2.04. The van der Waals surface area contributed by atoms with Crippen LogP contribution in [0.1, 0.15) is 5.56 Å². The van der Waals surface area contributed by atoms with E-state index in [1.165, 1.54) is 54.6 Å². The first-order chi connectivity index (χ1) is 11.0. The first-order valence-electron chi connectivity index (χ1n) is 6.43. The highest BCUT2D eigenvalue weighted by molar-refractivity contribution is 6.09. The fourth-order valence-corrected chi connectivity index (χ4v) is 1.74. The molecule has 0 spiro atoms. The first kappa shape index (κ1) is 15.9. The molecule has 0 aliphatic carbocycles. The number of hydrogen-bond acceptors (Lipinski definition) is 4. The molecule has 0 aromatic heterocycles. The number of nitrogens with zero attached hydrogens (tertiary/aromatic N) is 2. The standard InChI is InChI=1S/C16H10FN3O3/c17-13-3-1-11(2-4-13)9-12(10-18)16(21)19-14-5-7-15(8-6-14)20(22)23/h1-9H,(H,19,21)/b12-9+. The van der Waals surface area contributed by atoms with Crippen LogP contribution in [-0.4, -0.2) is 10.8 Å². The van der Waals surface area contributed by atoms with E-state index in [1.54, 1.807) is 6.07 Å². The van der Waals surface area contributed by atoms with Crippen molar-refractivity contribution in [3.8, 4) is 6.07 Å². The van der Waals surface area contributed by atoms with E-state index in [1.807, 2.05) is 0 Å². The van der Waals surface area contributed by atoms with Gasteiger partial charge in [0.15, 0.2) is 0 Å². The highest BCUT2D eigenvalue weighted by Gasteiger charge is 2.11. The van der Waals surface area contributed by atoms with Gasteiger partial charge in [-0.25, -0.2) is 4.39 Å². The topological polar surface area (TPSA) is 96.0 Å². The summed E-state index contributed by atoms with van der Waals surface area (Å²) in [6.45, 7) is 0. The summed E-state index contributed by atoms with van der Waals surface area (Å²) in [6, 6.07) is 12.3. The van der Waals surface area contributed by atoms with Crippen LogP contribution in [0.25, 0.3) is 6.08 Å². The monoisotopic (exact) mass is 311 g/mol. The molecule has 6 nitrogen and oxygen atoms in total. The fourth-order valence-electron chi connectivity index (χ4n) is 1.74. The third kappa shape index (κ3) is 4.22. The third-order valence-electron chi connectivity index (χ3n) is 2.88. The van der Waals surface area contributed by atoms with Crippen LogP contribution in [0.4, 0.5) is 15.8 Å². The maximum absolute atomic E-state index is 12.8. The number of halogens is 1. The highest BCUT2D eigenvalue weighted by atomic mass is 19.1. The summed E-state index contributed by atoms with van der Waals surface area (Å²) in [7, 11) is 0. The van der Waals surface area contributed by atoms with Crippen molar-refractivity contribution in [2.75, 3.05) is 5.32 Å². The first-order valence-corrected chi connectivity index (χ1v) is 6.43. The van der Waals surface area contributed by atoms with Crippen LogP contribution in [-0.2, 0) is 4.79 Å². The van der Waals surface area contributed by atoms with Gasteiger partial charge in [-0.05, 0) is 35.9 Å². The average molecular weight is 311 g/mol. The van der Waals surface area contributed by atoms with Crippen molar-refractivity contribution < 1.29 is 14.1 Å². The molecule has 0 aliphatic rings. The number of nitro groups is 1. The number of carbonyl (C=O) groups excluding carboxylic acids is 1. The van der Waals surface area contributed by atoms with Crippen LogP contribution < -0.4 is 5.32 Å². The summed E-state index contributed by atoms with van der Waals surface area (Å²) in [6.07, 6.45) is 1.32. The molecule has 0 unspecified atom stereocenters. The van der Waals surface area contributed by atoms with E-state index in [2.05, 4.69) is 5.32 Å². The van der Waals surface area contributed by atoms with Crippen LogP contribution in [0.3, 0.4) is 0 Å². The van der Waals surface area contributed by atoms with E-state index in [0.717, 1.165) is 0 Å². The number of anilines is 1. The van der Waals surface area contributed by atoms with Gasteiger partial charge in [-0.2, -0.15) is 5.26 Å². The predicted molar refractivity (Wildman–Crippen MR) is 81.7 cm³/mol. The predicted octanol–water partition coefficient (Wildman–Crippen LogP) is 3.28. The van der Waals surface area contributed by atoms with E-state index in [-0.39, 0.29) is 11.3 Å². The molecule has 1 amide bonds. The minimum absolute atomic E-state index is 0.106. The Balaban J connectivity index is 2.15. The summed E-state index contributed by atoms with van der Waals surface area (Å²) in [5.74, 6) is -1.08. The van der Waals surface area contributed by atoms with E-state index >= 15 is 0 Å². The molecule has 2 rings (SSSR count). The summed E-state index contributed by atoms with van der Waals surface area (Å²) in [5, 5.41) is 22.1. The van der Waals surface area contributed by atoms with Crippen LogP contribution in [0, 0.1) is 27.3 Å². The smallest absolute Gasteiger partial charge is 0.269 e. The fraction of sp³-hybridized carbons (Fsp3) is 0. The Hall–Kier alpha value is -3.53. The lowest BCUT2D eigenvalue weighted by molar-refractivity contribution is -0.384. The zero-order valence-electron chi connectivity index (χ0n) is 11.7. The zero-order chi connectivity index (χ0) is 16.8. The van der Waals surface area contributed by atoms with Gasteiger partial charge >= 0.3 is 0 Å². The molecule has 0 atom stereocenters. The number of nitro benzene ring substituents is 1. The number of nitrogens with one attached hydrogen (secondary N) is 1. The highest BCUT2D eigenvalue weighted by Crippen LogP contribution is 2.16. The number of non-ortho nitro benzene ring substituents is 1. The summed E-state index contributed by atoms with van der Waals surface area (Å²) in [4.78, 5) is 22.0. The minimum Gasteiger partial charge on any atom is -0.321 e. The molecule has 0 saturated heterocycles. The van der Waals surface area contributed by atoms with Gasteiger partial charge in [0.2, 0.25) is 0 Å².